The normalized spacial score (nSPS) is 11.6. The van der Waals surface area contributed by atoms with E-state index in [1.807, 2.05) is 20.8 Å². The Hall–Kier alpha value is -1.25. The van der Waals surface area contributed by atoms with Crippen LogP contribution in [0.25, 0.3) is 0 Å². The number of nitrogen functional groups attached to an aromatic ring is 1. The molecule has 0 fully saturated rings. The van der Waals surface area contributed by atoms with E-state index < -0.39 is 0 Å². The van der Waals surface area contributed by atoms with Crippen LogP contribution in [0.4, 0.5) is 5.69 Å². The van der Waals surface area contributed by atoms with Crippen molar-refractivity contribution in [1.29, 1.82) is 0 Å². The molecule has 3 nitrogen and oxygen atoms in total. The van der Waals surface area contributed by atoms with Crippen LogP contribution in [-0.4, -0.2) is 4.57 Å². The lowest BCUT2D eigenvalue weighted by molar-refractivity contribution is 0.385. The van der Waals surface area contributed by atoms with Crippen molar-refractivity contribution in [3.8, 4) is 0 Å². The van der Waals surface area contributed by atoms with Gasteiger partial charge in [0, 0.05) is 11.7 Å². The van der Waals surface area contributed by atoms with Crippen LogP contribution < -0.4 is 11.3 Å². The monoisotopic (exact) mass is 166 g/mol. The first-order valence-corrected chi connectivity index (χ1v) is 3.90. The van der Waals surface area contributed by atoms with Gasteiger partial charge in [0.05, 0.1) is 5.69 Å². The number of nitrogens with two attached hydrogens (primary N) is 1. The number of hydrogen-bond acceptors (Lipinski definition) is 2. The molecule has 0 aromatic carbocycles. The molecule has 0 saturated heterocycles. The van der Waals surface area contributed by atoms with E-state index in [9.17, 15) is 4.79 Å². The highest BCUT2D eigenvalue weighted by Crippen LogP contribution is 2.10. The van der Waals surface area contributed by atoms with Crippen LogP contribution in [0, 0.1) is 0 Å². The summed E-state index contributed by atoms with van der Waals surface area (Å²) in [6, 6.07) is 3.40. The van der Waals surface area contributed by atoms with E-state index in [0.717, 1.165) is 0 Å². The molecule has 0 atom stereocenters. The summed E-state index contributed by atoms with van der Waals surface area (Å²) in [5, 5.41) is 0. The fourth-order valence-corrected chi connectivity index (χ4v) is 1.04. The minimum atomic E-state index is -0.202. The zero-order valence-corrected chi connectivity index (χ0v) is 7.66. The summed E-state index contributed by atoms with van der Waals surface area (Å²) < 4.78 is 1.63. The first-order chi connectivity index (χ1) is 5.43. The average molecular weight is 166 g/mol. The van der Waals surface area contributed by atoms with Crippen molar-refractivity contribution < 1.29 is 0 Å². The topological polar surface area (TPSA) is 48.0 Å². The molecule has 1 aromatic heterocycles. The molecule has 0 bridgehead atoms. The highest BCUT2D eigenvalue weighted by Gasteiger charge is 2.14. The Balaban J connectivity index is 3.37. The molecule has 1 aromatic rings. The van der Waals surface area contributed by atoms with Crippen molar-refractivity contribution in [3.63, 3.8) is 0 Å². The van der Waals surface area contributed by atoms with Crippen molar-refractivity contribution in [1.82, 2.24) is 4.57 Å². The van der Waals surface area contributed by atoms with Gasteiger partial charge in [0.25, 0.3) is 5.56 Å². The summed E-state index contributed by atoms with van der Waals surface area (Å²) >= 11 is 0. The molecule has 0 radical (unpaired) electrons. The van der Waals surface area contributed by atoms with Gasteiger partial charge in [0.1, 0.15) is 0 Å². The first kappa shape index (κ1) is 8.84. The number of hydrogen-bond donors (Lipinski definition) is 1. The maximum absolute atomic E-state index is 11.5. The maximum atomic E-state index is 11.5. The van der Waals surface area contributed by atoms with Crippen molar-refractivity contribution in [3.05, 3.63) is 28.7 Å². The van der Waals surface area contributed by atoms with Gasteiger partial charge in [-0.25, -0.2) is 0 Å². The predicted molar refractivity (Wildman–Crippen MR) is 50.1 cm³/mol. The second-order valence-corrected chi connectivity index (χ2v) is 3.81. The molecule has 0 saturated carbocycles. The summed E-state index contributed by atoms with van der Waals surface area (Å²) in [4.78, 5) is 11.5. The van der Waals surface area contributed by atoms with Gasteiger partial charge in [-0.05, 0) is 32.9 Å². The Morgan fingerprint density at radius 2 is 2.00 bits per heavy atom. The smallest absolute Gasteiger partial charge is 0.274 e. The minimum absolute atomic E-state index is 0.120. The van der Waals surface area contributed by atoms with Gasteiger partial charge in [-0.3, -0.25) is 4.79 Å². The van der Waals surface area contributed by atoms with Crippen molar-refractivity contribution in [2.24, 2.45) is 0 Å². The number of anilines is 1. The molecule has 0 amide bonds. The SMILES string of the molecule is CC(C)(C)n1cccc(N)c1=O. The van der Waals surface area contributed by atoms with E-state index in [0.29, 0.717) is 5.69 Å². The summed E-state index contributed by atoms with van der Waals surface area (Å²) in [6.07, 6.45) is 1.75. The Morgan fingerprint density at radius 3 is 2.42 bits per heavy atom. The molecule has 0 aliphatic heterocycles. The van der Waals surface area contributed by atoms with Gasteiger partial charge in [-0.15, -0.1) is 0 Å². The Morgan fingerprint density at radius 1 is 1.42 bits per heavy atom. The van der Waals surface area contributed by atoms with Crippen molar-refractivity contribution >= 4 is 5.69 Å². The van der Waals surface area contributed by atoms with Gasteiger partial charge >= 0.3 is 0 Å². The van der Waals surface area contributed by atoms with Crippen LogP contribution in [0.15, 0.2) is 23.1 Å². The number of pyridine rings is 1. The largest absolute Gasteiger partial charge is 0.394 e. The fraction of sp³-hybridized carbons (Fsp3) is 0.444. The lowest BCUT2D eigenvalue weighted by atomic mass is 10.1. The summed E-state index contributed by atoms with van der Waals surface area (Å²) in [6.45, 7) is 5.90. The lowest BCUT2D eigenvalue weighted by Crippen LogP contribution is -2.34. The summed E-state index contributed by atoms with van der Waals surface area (Å²) in [7, 11) is 0. The molecule has 0 aliphatic rings. The van der Waals surface area contributed by atoms with Crippen LogP contribution in [0.1, 0.15) is 20.8 Å². The first-order valence-electron chi connectivity index (χ1n) is 3.90. The van der Waals surface area contributed by atoms with Gasteiger partial charge in [0.15, 0.2) is 0 Å². The molecular weight excluding hydrogens is 152 g/mol. The third-order valence-corrected chi connectivity index (χ3v) is 1.70. The second-order valence-electron chi connectivity index (χ2n) is 3.81. The zero-order valence-electron chi connectivity index (χ0n) is 7.66. The van der Waals surface area contributed by atoms with E-state index in [4.69, 9.17) is 5.73 Å². The zero-order chi connectivity index (χ0) is 9.35. The minimum Gasteiger partial charge on any atom is -0.394 e. The van der Waals surface area contributed by atoms with E-state index in [2.05, 4.69) is 0 Å². The molecule has 0 unspecified atom stereocenters. The van der Waals surface area contributed by atoms with Crippen LogP contribution in [0.3, 0.4) is 0 Å². The van der Waals surface area contributed by atoms with Crippen LogP contribution >= 0.6 is 0 Å². The van der Waals surface area contributed by atoms with Gasteiger partial charge in [-0.1, -0.05) is 0 Å². The molecular formula is C9H14N2O. The van der Waals surface area contributed by atoms with Gasteiger partial charge in [0.2, 0.25) is 0 Å². The molecule has 66 valence electrons. The quantitative estimate of drug-likeness (QED) is 0.629. The van der Waals surface area contributed by atoms with E-state index in [1.54, 1.807) is 22.9 Å². The third-order valence-electron chi connectivity index (χ3n) is 1.70. The Labute approximate surface area is 71.8 Å². The second kappa shape index (κ2) is 2.66. The third kappa shape index (κ3) is 1.49. The summed E-state index contributed by atoms with van der Waals surface area (Å²) in [5.74, 6) is 0. The molecule has 1 heterocycles. The van der Waals surface area contributed by atoms with Crippen molar-refractivity contribution in [2.75, 3.05) is 5.73 Å². The Bertz CT molecular complexity index is 333. The summed E-state index contributed by atoms with van der Waals surface area (Å²) in [5.41, 5.74) is 5.46. The molecule has 12 heavy (non-hydrogen) atoms. The van der Waals surface area contributed by atoms with E-state index in [1.165, 1.54) is 0 Å². The van der Waals surface area contributed by atoms with Crippen LogP contribution in [0.5, 0.6) is 0 Å². The molecule has 0 spiro atoms. The van der Waals surface area contributed by atoms with E-state index >= 15 is 0 Å². The van der Waals surface area contributed by atoms with Crippen molar-refractivity contribution in [2.45, 2.75) is 26.3 Å². The highest BCUT2D eigenvalue weighted by atomic mass is 16.1. The van der Waals surface area contributed by atoms with Gasteiger partial charge in [-0.2, -0.15) is 0 Å². The van der Waals surface area contributed by atoms with E-state index in [-0.39, 0.29) is 11.1 Å². The Kier molecular flexibility index (Phi) is 1.96. The molecule has 0 aliphatic carbocycles. The molecule has 2 N–H and O–H groups in total. The van der Waals surface area contributed by atoms with Gasteiger partial charge < -0.3 is 10.3 Å². The molecule has 3 heteroatoms. The number of rotatable bonds is 0. The van der Waals surface area contributed by atoms with Crippen LogP contribution in [0.2, 0.25) is 0 Å². The number of nitrogens with zero attached hydrogens (tertiary/aromatic N) is 1. The maximum Gasteiger partial charge on any atom is 0.274 e. The standard InChI is InChI=1S/C9H14N2O/c1-9(2,3)11-6-4-5-7(10)8(11)12/h4-6H,10H2,1-3H3. The molecule has 1 rings (SSSR count). The lowest BCUT2D eigenvalue weighted by Gasteiger charge is -2.22. The van der Waals surface area contributed by atoms with Crippen LogP contribution in [-0.2, 0) is 5.54 Å². The highest BCUT2D eigenvalue weighted by molar-refractivity contribution is 5.33. The fourth-order valence-electron chi connectivity index (χ4n) is 1.04. The predicted octanol–water partition coefficient (Wildman–Crippen LogP) is 1.19. The number of aromatic nitrogens is 1. The average Bonchev–Trinajstić information content (AvgIpc) is 1.92.